The minimum absolute atomic E-state index is 0.0354. The maximum absolute atomic E-state index is 11.6. The van der Waals surface area contributed by atoms with Crippen molar-refractivity contribution < 1.29 is 28.7 Å². The molecule has 3 rings (SSSR count). The molecule has 6 nitrogen and oxygen atoms in total. The van der Waals surface area contributed by atoms with Gasteiger partial charge in [-0.15, -0.1) is 0 Å². The molecule has 2 saturated heterocycles. The van der Waals surface area contributed by atoms with Crippen molar-refractivity contribution in [3.8, 4) is 0 Å². The Morgan fingerprint density at radius 3 is 2.32 bits per heavy atom. The first-order chi connectivity index (χ1) is 8.97. The maximum Gasteiger partial charge on any atom is 0.321 e. The third-order valence-electron chi connectivity index (χ3n) is 4.07. The fourth-order valence-electron chi connectivity index (χ4n) is 3.18. The van der Waals surface area contributed by atoms with Gasteiger partial charge in [0.15, 0.2) is 0 Å². The number of hydrogen-bond donors (Lipinski definition) is 0. The van der Waals surface area contributed by atoms with E-state index >= 15 is 0 Å². The van der Waals surface area contributed by atoms with E-state index in [2.05, 4.69) is 9.47 Å². The van der Waals surface area contributed by atoms with Gasteiger partial charge in [0.2, 0.25) is 0 Å². The standard InChI is InChI=1S/C13H12O6/c1-5-2-6(7-4-9(14)18-11(7)15)3-8-10(5)13(17)19-12(8)16/h2,6-8,10H,3-4H2,1H3/t6-,7-,8-,10-/m0/s1. The molecule has 0 unspecified atom stereocenters. The molecule has 2 fully saturated rings. The molecule has 4 atom stereocenters. The van der Waals surface area contributed by atoms with Crippen molar-refractivity contribution in [2.75, 3.05) is 0 Å². The van der Waals surface area contributed by atoms with Gasteiger partial charge in [-0.25, -0.2) is 0 Å². The Bertz CT molecular complexity index is 531. The number of esters is 4. The molecule has 0 N–H and O–H groups in total. The Labute approximate surface area is 108 Å². The van der Waals surface area contributed by atoms with Crippen molar-refractivity contribution in [2.45, 2.75) is 19.8 Å². The van der Waals surface area contributed by atoms with E-state index in [-0.39, 0.29) is 12.3 Å². The van der Waals surface area contributed by atoms with Gasteiger partial charge in [0, 0.05) is 0 Å². The summed E-state index contributed by atoms with van der Waals surface area (Å²) >= 11 is 0. The number of hydrogen-bond acceptors (Lipinski definition) is 6. The van der Waals surface area contributed by atoms with Crippen LogP contribution in [0.15, 0.2) is 11.6 Å². The lowest BCUT2D eigenvalue weighted by Crippen LogP contribution is -2.31. The van der Waals surface area contributed by atoms with Gasteiger partial charge in [0.05, 0.1) is 24.2 Å². The highest BCUT2D eigenvalue weighted by Crippen LogP contribution is 2.43. The zero-order chi connectivity index (χ0) is 13.7. The van der Waals surface area contributed by atoms with Crippen LogP contribution >= 0.6 is 0 Å². The van der Waals surface area contributed by atoms with E-state index in [1.807, 2.05) is 0 Å². The van der Waals surface area contributed by atoms with Gasteiger partial charge in [0.1, 0.15) is 0 Å². The Hall–Kier alpha value is -1.98. The van der Waals surface area contributed by atoms with Gasteiger partial charge in [-0.1, -0.05) is 11.6 Å². The number of fused-ring (bicyclic) bond motifs is 1. The topological polar surface area (TPSA) is 86.7 Å². The van der Waals surface area contributed by atoms with Crippen LogP contribution in [0, 0.1) is 23.7 Å². The van der Waals surface area contributed by atoms with Crippen LogP contribution in [-0.2, 0) is 28.7 Å². The van der Waals surface area contributed by atoms with Gasteiger partial charge < -0.3 is 9.47 Å². The number of ether oxygens (including phenoxy) is 2. The fraction of sp³-hybridized carbons (Fsp3) is 0.538. The summed E-state index contributed by atoms with van der Waals surface area (Å²) in [5.41, 5.74) is 0.726. The van der Waals surface area contributed by atoms with Gasteiger partial charge in [-0.3, -0.25) is 19.2 Å². The highest BCUT2D eigenvalue weighted by molar-refractivity contribution is 5.99. The average Bonchev–Trinajstić information content (AvgIpc) is 2.80. The molecule has 0 amide bonds. The normalized spacial score (nSPS) is 37.8. The number of rotatable bonds is 1. The molecular formula is C13H12O6. The molecule has 6 heteroatoms. The Morgan fingerprint density at radius 1 is 1.00 bits per heavy atom. The fourth-order valence-corrected chi connectivity index (χ4v) is 3.18. The highest BCUT2D eigenvalue weighted by Gasteiger charge is 2.51. The van der Waals surface area contributed by atoms with Crippen molar-refractivity contribution in [2.24, 2.45) is 23.7 Å². The highest BCUT2D eigenvalue weighted by atomic mass is 16.6. The molecule has 0 aromatic carbocycles. The maximum atomic E-state index is 11.6. The van der Waals surface area contributed by atoms with Crippen LogP contribution < -0.4 is 0 Å². The minimum atomic E-state index is -0.549. The van der Waals surface area contributed by atoms with E-state index in [0.29, 0.717) is 6.42 Å². The lowest BCUT2D eigenvalue weighted by Gasteiger charge is -2.27. The minimum Gasteiger partial charge on any atom is -0.393 e. The van der Waals surface area contributed by atoms with Crippen molar-refractivity contribution >= 4 is 23.9 Å². The molecule has 3 aliphatic rings. The van der Waals surface area contributed by atoms with Gasteiger partial charge in [-0.2, -0.15) is 0 Å². The molecule has 0 bridgehead atoms. The van der Waals surface area contributed by atoms with Crippen molar-refractivity contribution in [3.05, 3.63) is 11.6 Å². The molecule has 0 radical (unpaired) electrons. The van der Waals surface area contributed by atoms with Gasteiger partial charge in [-0.05, 0) is 19.3 Å². The molecule has 0 aromatic heterocycles. The molecule has 2 aliphatic heterocycles. The lowest BCUT2D eigenvalue weighted by atomic mass is 9.72. The summed E-state index contributed by atoms with van der Waals surface area (Å²) in [6.45, 7) is 1.74. The zero-order valence-electron chi connectivity index (χ0n) is 10.3. The SMILES string of the molecule is CC1=C[C@H]([C@@H]2CC(=O)OC2=O)C[C@@H]2C(=O)OC(=O)[C@@H]12. The molecule has 2 heterocycles. The third-order valence-corrected chi connectivity index (χ3v) is 4.07. The second-order valence-electron chi connectivity index (χ2n) is 5.24. The predicted molar refractivity (Wildman–Crippen MR) is 59.1 cm³/mol. The molecule has 0 spiro atoms. The summed E-state index contributed by atoms with van der Waals surface area (Å²) < 4.78 is 9.17. The van der Waals surface area contributed by atoms with Crippen LogP contribution in [0.3, 0.4) is 0 Å². The number of carbonyl (C=O) groups excluding carboxylic acids is 4. The summed E-state index contributed by atoms with van der Waals surface area (Å²) in [5, 5.41) is 0. The predicted octanol–water partition coefficient (Wildman–Crippen LogP) is 0.358. The molecule has 1 aliphatic carbocycles. The van der Waals surface area contributed by atoms with E-state index in [0.717, 1.165) is 5.57 Å². The third kappa shape index (κ3) is 1.78. The van der Waals surface area contributed by atoms with Crippen LogP contribution in [0.1, 0.15) is 19.8 Å². The summed E-state index contributed by atoms with van der Waals surface area (Å²) in [5.74, 6) is -4.01. The lowest BCUT2D eigenvalue weighted by molar-refractivity contribution is -0.155. The number of allylic oxidation sites excluding steroid dienone is 1. The van der Waals surface area contributed by atoms with Crippen LogP contribution in [-0.4, -0.2) is 23.9 Å². The van der Waals surface area contributed by atoms with Crippen LogP contribution in [0.25, 0.3) is 0 Å². The Balaban J connectivity index is 1.89. The van der Waals surface area contributed by atoms with E-state index in [1.54, 1.807) is 13.0 Å². The number of carbonyl (C=O) groups is 4. The van der Waals surface area contributed by atoms with E-state index in [4.69, 9.17) is 0 Å². The zero-order valence-corrected chi connectivity index (χ0v) is 10.3. The monoisotopic (exact) mass is 264 g/mol. The van der Waals surface area contributed by atoms with Crippen LogP contribution in [0.4, 0.5) is 0 Å². The van der Waals surface area contributed by atoms with E-state index < -0.39 is 41.6 Å². The Morgan fingerprint density at radius 2 is 1.68 bits per heavy atom. The van der Waals surface area contributed by atoms with Gasteiger partial charge in [0.25, 0.3) is 0 Å². The molecule has 0 aromatic rings. The van der Waals surface area contributed by atoms with Crippen molar-refractivity contribution in [1.82, 2.24) is 0 Å². The summed E-state index contributed by atoms with van der Waals surface area (Å²) in [6.07, 6.45) is 2.18. The summed E-state index contributed by atoms with van der Waals surface area (Å²) in [6, 6.07) is 0. The first-order valence-electron chi connectivity index (χ1n) is 6.15. The largest absolute Gasteiger partial charge is 0.393 e. The Kier molecular flexibility index (Phi) is 2.55. The summed E-state index contributed by atoms with van der Waals surface area (Å²) in [7, 11) is 0. The first-order valence-corrected chi connectivity index (χ1v) is 6.15. The van der Waals surface area contributed by atoms with Crippen LogP contribution in [0.5, 0.6) is 0 Å². The second-order valence-corrected chi connectivity index (χ2v) is 5.24. The van der Waals surface area contributed by atoms with Crippen LogP contribution in [0.2, 0.25) is 0 Å². The molecular weight excluding hydrogens is 252 g/mol. The molecule has 0 saturated carbocycles. The molecule has 100 valence electrons. The van der Waals surface area contributed by atoms with E-state index in [9.17, 15) is 19.2 Å². The van der Waals surface area contributed by atoms with Crippen molar-refractivity contribution in [1.29, 1.82) is 0 Å². The van der Waals surface area contributed by atoms with Gasteiger partial charge >= 0.3 is 23.9 Å². The molecule has 19 heavy (non-hydrogen) atoms. The second kappa shape index (κ2) is 4.01. The first kappa shape index (κ1) is 12.1. The number of cyclic esters (lactones) is 4. The summed E-state index contributed by atoms with van der Waals surface area (Å²) in [4.78, 5) is 45.9. The van der Waals surface area contributed by atoms with E-state index in [1.165, 1.54) is 0 Å². The quantitative estimate of drug-likeness (QED) is 0.386. The average molecular weight is 264 g/mol. The smallest absolute Gasteiger partial charge is 0.321 e. The van der Waals surface area contributed by atoms with Crippen molar-refractivity contribution in [3.63, 3.8) is 0 Å².